The summed E-state index contributed by atoms with van der Waals surface area (Å²) in [4.78, 5) is 24.7. The van der Waals surface area contributed by atoms with E-state index in [1.165, 1.54) is 4.57 Å². The highest BCUT2D eigenvalue weighted by atomic mass is 35.5. The van der Waals surface area contributed by atoms with Gasteiger partial charge < -0.3 is 10.6 Å². The highest BCUT2D eigenvalue weighted by molar-refractivity contribution is 5.85. The molecule has 4 rings (SSSR count). The smallest absolute Gasteiger partial charge is 0.280 e. The largest absolute Gasteiger partial charge is 0.341 e. The van der Waals surface area contributed by atoms with Gasteiger partial charge in [-0.3, -0.25) is 13.9 Å². The highest BCUT2D eigenvalue weighted by Gasteiger charge is 2.25. The van der Waals surface area contributed by atoms with E-state index in [0.717, 1.165) is 24.9 Å². The van der Waals surface area contributed by atoms with Crippen LogP contribution in [0.3, 0.4) is 0 Å². The van der Waals surface area contributed by atoms with Gasteiger partial charge in [-0.05, 0) is 31.7 Å². The Balaban J connectivity index is 0.00000289. The van der Waals surface area contributed by atoms with Crippen molar-refractivity contribution in [3.63, 3.8) is 0 Å². The number of anilines is 1. The van der Waals surface area contributed by atoms with E-state index in [2.05, 4.69) is 32.8 Å². The van der Waals surface area contributed by atoms with Gasteiger partial charge in [0.2, 0.25) is 11.8 Å². The third kappa shape index (κ3) is 4.62. The van der Waals surface area contributed by atoms with E-state index in [9.17, 15) is 10.1 Å². The Kier molecular flexibility index (Phi) is 7.53. The van der Waals surface area contributed by atoms with Gasteiger partial charge in [-0.15, -0.1) is 18.3 Å². The maximum Gasteiger partial charge on any atom is 0.280 e. The molecule has 0 aliphatic carbocycles. The second-order valence-electron chi connectivity index (χ2n) is 7.68. The van der Waals surface area contributed by atoms with Gasteiger partial charge in [0, 0.05) is 25.7 Å². The summed E-state index contributed by atoms with van der Waals surface area (Å²) in [7, 11) is 0. The van der Waals surface area contributed by atoms with Crippen molar-refractivity contribution in [2.24, 2.45) is 5.73 Å². The highest BCUT2D eigenvalue weighted by Crippen LogP contribution is 2.23. The van der Waals surface area contributed by atoms with Crippen LogP contribution in [-0.2, 0) is 19.5 Å². The van der Waals surface area contributed by atoms with Crippen LogP contribution >= 0.6 is 12.4 Å². The minimum atomic E-state index is -0.268. The van der Waals surface area contributed by atoms with Crippen molar-refractivity contribution < 1.29 is 0 Å². The first kappa shape index (κ1) is 23.3. The van der Waals surface area contributed by atoms with Crippen molar-refractivity contribution in [3.05, 3.63) is 52.1 Å². The summed E-state index contributed by atoms with van der Waals surface area (Å²) in [6, 6.07) is 12.0. The number of nitriles is 1. The van der Waals surface area contributed by atoms with Crippen molar-refractivity contribution in [2.45, 2.75) is 45.3 Å². The molecule has 1 aliphatic heterocycles. The van der Waals surface area contributed by atoms with Crippen molar-refractivity contribution >= 4 is 29.5 Å². The molecule has 32 heavy (non-hydrogen) atoms. The zero-order valence-electron chi connectivity index (χ0n) is 18.0. The first-order valence-electron chi connectivity index (χ1n) is 10.5. The topological polar surface area (TPSA) is 106 Å². The molecule has 1 aliphatic rings. The number of fused-ring (bicyclic) bond motifs is 1. The number of piperidine rings is 1. The molecular formula is C23H26ClN7O. The number of halogens is 1. The van der Waals surface area contributed by atoms with E-state index in [-0.39, 0.29) is 35.5 Å². The average molecular weight is 452 g/mol. The lowest BCUT2D eigenvalue weighted by Gasteiger charge is -2.31. The molecule has 8 nitrogen and oxygen atoms in total. The van der Waals surface area contributed by atoms with Crippen LogP contribution in [-0.4, -0.2) is 38.2 Å². The molecule has 1 atom stereocenters. The lowest BCUT2D eigenvalue weighted by atomic mass is 10.1. The predicted molar refractivity (Wildman–Crippen MR) is 127 cm³/mol. The molecule has 1 fully saturated rings. The number of benzene rings is 1. The average Bonchev–Trinajstić information content (AvgIpc) is 3.16. The monoisotopic (exact) mass is 451 g/mol. The number of nitrogens with zero attached hydrogens (tertiary/aromatic N) is 6. The molecule has 1 unspecified atom stereocenters. The molecule has 2 N–H and O–H groups in total. The standard InChI is InChI=1S/C23H25N7O.ClH/c1-2-3-13-30-20-21(27-23(30)28-12-7-10-18(25)16-28)26-19(15-24)29(22(20)31)14-11-17-8-5-4-6-9-17;/h4-6,8-9,18H,7,10-14,16,25H2,1H3;1H. The summed E-state index contributed by atoms with van der Waals surface area (Å²) in [5.41, 5.74) is 7.65. The molecule has 1 saturated heterocycles. The first-order chi connectivity index (χ1) is 15.1. The number of aromatic nitrogens is 4. The summed E-state index contributed by atoms with van der Waals surface area (Å²) in [5.74, 6) is 6.64. The van der Waals surface area contributed by atoms with Crippen LogP contribution in [0.4, 0.5) is 5.95 Å². The Labute approximate surface area is 193 Å². The van der Waals surface area contributed by atoms with Crippen LogP contribution in [0.15, 0.2) is 35.1 Å². The normalized spacial score (nSPS) is 15.5. The zero-order valence-corrected chi connectivity index (χ0v) is 18.8. The number of nitrogens with two attached hydrogens (primary N) is 1. The van der Waals surface area contributed by atoms with Gasteiger partial charge in [-0.25, -0.2) is 0 Å². The lowest BCUT2D eigenvalue weighted by Crippen LogP contribution is -2.44. The number of hydrogen-bond donors (Lipinski definition) is 1. The minimum absolute atomic E-state index is 0. The molecular weight excluding hydrogens is 426 g/mol. The molecule has 166 valence electrons. The lowest BCUT2D eigenvalue weighted by molar-refractivity contribution is 0.496. The molecule has 2 aromatic heterocycles. The third-order valence-corrected chi connectivity index (χ3v) is 5.57. The van der Waals surface area contributed by atoms with Crippen LogP contribution in [0, 0.1) is 23.2 Å². The van der Waals surface area contributed by atoms with Crippen LogP contribution in [0.5, 0.6) is 0 Å². The molecule has 3 heterocycles. The van der Waals surface area contributed by atoms with E-state index < -0.39 is 0 Å². The number of aryl methyl sites for hydroxylation is 1. The van der Waals surface area contributed by atoms with E-state index in [0.29, 0.717) is 37.5 Å². The molecule has 0 amide bonds. The first-order valence-corrected chi connectivity index (χ1v) is 10.5. The molecule has 9 heteroatoms. The fourth-order valence-electron chi connectivity index (χ4n) is 4.02. The second kappa shape index (κ2) is 10.3. The summed E-state index contributed by atoms with van der Waals surface area (Å²) in [5, 5.41) is 9.64. The van der Waals surface area contributed by atoms with Crippen LogP contribution < -0.4 is 16.2 Å². The van der Waals surface area contributed by atoms with E-state index >= 15 is 0 Å². The SMILES string of the molecule is CC#CCn1c(N2CCCC(N)C2)nc2nc(C#N)n(CCc3ccccc3)c(=O)c21.Cl. The van der Waals surface area contributed by atoms with Crippen LogP contribution in [0.25, 0.3) is 11.2 Å². The number of hydrogen-bond acceptors (Lipinski definition) is 6. The molecule has 0 spiro atoms. The molecule has 0 saturated carbocycles. The van der Waals surface area contributed by atoms with Gasteiger partial charge in [0.25, 0.3) is 5.56 Å². The van der Waals surface area contributed by atoms with E-state index in [1.807, 2.05) is 34.9 Å². The van der Waals surface area contributed by atoms with Crippen molar-refractivity contribution in [3.8, 4) is 17.9 Å². The maximum absolute atomic E-state index is 13.5. The molecule has 0 bridgehead atoms. The summed E-state index contributed by atoms with van der Waals surface area (Å²) >= 11 is 0. The Morgan fingerprint density at radius 1 is 1.22 bits per heavy atom. The quantitative estimate of drug-likeness (QED) is 0.595. The van der Waals surface area contributed by atoms with Crippen molar-refractivity contribution in [1.82, 2.24) is 19.1 Å². The molecule has 3 aromatic rings. The van der Waals surface area contributed by atoms with E-state index in [1.54, 1.807) is 6.92 Å². The fourth-order valence-corrected chi connectivity index (χ4v) is 4.02. The summed E-state index contributed by atoms with van der Waals surface area (Å²) < 4.78 is 3.26. The summed E-state index contributed by atoms with van der Waals surface area (Å²) in [6.45, 7) is 3.93. The zero-order chi connectivity index (χ0) is 21.8. The van der Waals surface area contributed by atoms with Gasteiger partial charge in [0.05, 0.1) is 6.54 Å². The minimum Gasteiger partial charge on any atom is -0.341 e. The maximum atomic E-state index is 13.5. The fraction of sp³-hybridized carbons (Fsp3) is 0.391. The molecule has 1 aromatic carbocycles. The van der Waals surface area contributed by atoms with Gasteiger partial charge in [-0.1, -0.05) is 36.3 Å². The van der Waals surface area contributed by atoms with Gasteiger partial charge in [0.15, 0.2) is 11.2 Å². The Morgan fingerprint density at radius 3 is 2.69 bits per heavy atom. The summed E-state index contributed by atoms with van der Waals surface area (Å²) in [6.07, 6.45) is 2.55. The number of imidazole rings is 1. The van der Waals surface area contributed by atoms with Crippen LogP contribution in [0.1, 0.15) is 31.2 Å². The van der Waals surface area contributed by atoms with Gasteiger partial charge in [-0.2, -0.15) is 15.2 Å². The number of rotatable bonds is 5. The Hall–Kier alpha value is -3.33. The van der Waals surface area contributed by atoms with Gasteiger partial charge >= 0.3 is 0 Å². The third-order valence-electron chi connectivity index (χ3n) is 5.57. The van der Waals surface area contributed by atoms with E-state index in [4.69, 9.17) is 5.73 Å². The van der Waals surface area contributed by atoms with Crippen LogP contribution in [0.2, 0.25) is 0 Å². The molecule has 0 radical (unpaired) electrons. The van der Waals surface area contributed by atoms with Crippen molar-refractivity contribution in [1.29, 1.82) is 5.26 Å². The Bertz CT molecular complexity index is 1250. The van der Waals surface area contributed by atoms with Crippen molar-refractivity contribution in [2.75, 3.05) is 18.0 Å². The predicted octanol–water partition coefficient (Wildman–Crippen LogP) is 2.08. The Morgan fingerprint density at radius 2 is 2.00 bits per heavy atom. The van der Waals surface area contributed by atoms with Gasteiger partial charge in [0.1, 0.15) is 6.07 Å². The second-order valence-corrected chi connectivity index (χ2v) is 7.68.